The van der Waals surface area contributed by atoms with Gasteiger partial charge in [0.1, 0.15) is 0 Å². The van der Waals surface area contributed by atoms with Crippen molar-refractivity contribution in [3.63, 3.8) is 0 Å². The lowest BCUT2D eigenvalue weighted by Crippen LogP contribution is -1.59. The van der Waals surface area contributed by atoms with Gasteiger partial charge in [0.25, 0.3) is 0 Å². The van der Waals surface area contributed by atoms with Crippen molar-refractivity contribution in [2.45, 2.75) is 26.2 Å². The van der Waals surface area contributed by atoms with Crippen molar-refractivity contribution in [3.05, 3.63) is 19.1 Å². The summed E-state index contributed by atoms with van der Waals surface area (Å²) >= 11 is 0. The van der Waals surface area contributed by atoms with Crippen molar-refractivity contribution in [3.8, 4) is 0 Å². The summed E-state index contributed by atoms with van der Waals surface area (Å²) in [6, 6.07) is 0. The average molecular weight is 97.2 g/mol. The van der Waals surface area contributed by atoms with E-state index in [4.69, 9.17) is 0 Å². The standard InChI is InChI=1S/C7H13/c1-3-5-7-6-4-2/h6-7H,1,3-5H2,2H3/q+1/b7-6-. The van der Waals surface area contributed by atoms with Gasteiger partial charge in [0.15, 0.2) is 0 Å². The van der Waals surface area contributed by atoms with Crippen LogP contribution in [0.15, 0.2) is 12.2 Å². The Morgan fingerprint density at radius 3 is 2.57 bits per heavy atom. The molecule has 0 radical (unpaired) electrons. The minimum atomic E-state index is 1.02. The van der Waals surface area contributed by atoms with E-state index < -0.39 is 0 Å². The van der Waals surface area contributed by atoms with Gasteiger partial charge in [-0.2, -0.15) is 0 Å². The van der Waals surface area contributed by atoms with Gasteiger partial charge in [-0.05, 0) is 6.42 Å². The van der Waals surface area contributed by atoms with E-state index in [0.29, 0.717) is 0 Å². The second kappa shape index (κ2) is 5.61. The third kappa shape index (κ3) is 5.61. The fraction of sp³-hybridized carbons (Fsp3) is 0.571. The van der Waals surface area contributed by atoms with E-state index in [-0.39, 0.29) is 0 Å². The monoisotopic (exact) mass is 97.1 g/mol. The summed E-state index contributed by atoms with van der Waals surface area (Å²) in [7, 11) is 0. The molecule has 0 spiro atoms. The molecule has 0 aliphatic rings. The Labute approximate surface area is 46.2 Å². The fourth-order valence-corrected chi connectivity index (χ4v) is 0.402. The Kier molecular flexibility index (Phi) is 5.30. The molecular weight excluding hydrogens is 84.1 g/mol. The highest BCUT2D eigenvalue weighted by Gasteiger charge is 1.73. The van der Waals surface area contributed by atoms with Gasteiger partial charge in [-0.15, -0.1) is 0 Å². The zero-order valence-electron chi connectivity index (χ0n) is 4.98. The maximum Gasteiger partial charge on any atom is 0.0885 e. The predicted octanol–water partition coefficient (Wildman–Crippen LogP) is 2.57. The van der Waals surface area contributed by atoms with Crippen molar-refractivity contribution < 1.29 is 0 Å². The first-order valence-electron chi connectivity index (χ1n) is 2.86. The summed E-state index contributed by atoms with van der Waals surface area (Å²) in [6.07, 6.45) is 7.66. The highest BCUT2D eigenvalue weighted by molar-refractivity contribution is 4.79. The van der Waals surface area contributed by atoms with Crippen LogP contribution in [0.25, 0.3) is 0 Å². The smallest absolute Gasteiger partial charge is 0.0885 e. The molecule has 0 saturated heterocycles. The molecule has 0 saturated carbocycles. The first-order chi connectivity index (χ1) is 3.41. The molecule has 0 fully saturated rings. The maximum absolute atomic E-state index is 3.71. The van der Waals surface area contributed by atoms with E-state index in [0.717, 1.165) is 19.3 Å². The normalized spacial score (nSPS) is 10.4. The second-order valence-corrected chi connectivity index (χ2v) is 1.52. The maximum atomic E-state index is 3.71. The number of hydrogen-bond donors (Lipinski definition) is 0. The lowest BCUT2D eigenvalue weighted by atomic mass is 10.3. The van der Waals surface area contributed by atoms with Crippen molar-refractivity contribution in [1.82, 2.24) is 0 Å². The first kappa shape index (κ1) is 6.61. The number of allylic oxidation sites excluding steroid dienone is 2. The van der Waals surface area contributed by atoms with Gasteiger partial charge < -0.3 is 0 Å². The van der Waals surface area contributed by atoms with Crippen LogP contribution in [0, 0.1) is 6.92 Å². The summed E-state index contributed by atoms with van der Waals surface area (Å²) in [5.74, 6) is 0. The Bertz CT molecular complexity index is 44.0. The van der Waals surface area contributed by atoms with Crippen molar-refractivity contribution in [2.75, 3.05) is 0 Å². The highest BCUT2D eigenvalue weighted by atomic mass is 13.7. The lowest BCUT2D eigenvalue weighted by Gasteiger charge is -1.75. The van der Waals surface area contributed by atoms with Crippen LogP contribution >= 0.6 is 0 Å². The number of unbranched alkanes of at least 4 members (excludes halogenated alkanes) is 1. The minimum absolute atomic E-state index is 1.02. The molecule has 0 rings (SSSR count). The van der Waals surface area contributed by atoms with Gasteiger partial charge in [-0.25, -0.2) is 0 Å². The molecule has 0 bridgehead atoms. The van der Waals surface area contributed by atoms with Crippen molar-refractivity contribution >= 4 is 0 Å². The van der Waals surface area contributed by atoms with Gasteiger partial charge in [-0.3, -0.25) is 0 Å². The minimum Gasteiger partial charge on any atom is -0.0887 e. The molecule has 0 nitrogen and oxygen atoms in total. The number of rotatable bonds is 3. The lowest BCUT2D eigenvalue weighted by molar-refractivity contribution is 1.04. The Balaban J connectivity index is 2.78. The van der Waals surface area contributed by atoms with Crippen LogP contribution < -0.4 is 0 Å². The van der Waals surface area contributed by atoms with E-state index in [2.05, 4.69) is 26.0 Å². The molecule has 0 atom stereocenters. The van der Waals surface area contributed by atoms with E-state index in [1.165, 1.54) is 0 Å². The van der Waals surface area contributed by atoms with Crippen molar-refractivity contribution in [1.29, 1.82) is 0 Å². The van der Waals surface area contributed by atoms with Crippen LogP contribution in [-0.4, -0.2) is 0 Å². The van der Waals surface area contributed by atoms with Crippen LogP contribution in [0.3, 0.4) is 0 Å². The molecule has 0 heteroatoms. The van der Waals surface area contributed by atoms with E-state index in [9.17, 15) is 0 Å². The molecule has 0 heterocycles. The van der Waals surface area contributed by atoms with Gasteiger partial charge in [-0.1, -0.05) is 19.1 Å². The summed E-state index contributed by atoms with van der Waals surface area (Å²) < 4.78 is 0. The Hall–Kier alpha value is -0.390. The Morgan fingerprint density at radius 2 is 2.14 bits per heavy atom. The third-order valence-corrected chi connectivity index (χ3v) is 0.773. The SMILES string of the molecule is [CH2+]CC/C=C\CC. The summed E-state index contributed by atoms with van der Waals surface area (Å²) in [5.41, 5.74) is 0. The third-order valence-electron chi connectivity index (χ3n) is 0.773. The summed E-state index contributed by atoms with van der Waals surface area (Å²) in [6.45, 7) is 5.84. The van der Waals surface area contributed by atoms with Crippen LogP contribution in [0.2, 0.25) is 0 Å². The summed E-state index contributed by atoms with van der Waals surface area (Å²) in [4.78, 5) is 0. The largest absolute Gasteiger partial charge is 0.0887 e. The summed E-state index contributed by atoms with van der Waals surface area (Å²) in [5, 5.41) is 0. The van der Waals surface area contributed by atoms with Crippen LogP contribution in [0.1, 0.15) is 26.2 Å². The molecule has 0 amide bonds. The van der Waals surface area contributed by atoms with Gasteiger partial charge >= 0.3 is 0 Å². The molecule has 0 aromatic heterocycles. The van der Waals surface area contributed by atoms with Gasteiger partial charge in [0.05, 0.1) is 13.3 Å². The molecule has 7 heavy (non-hydrogen) atoms. The van der Waals surface area contributed by atoms with E-state index >= 15 is 0 Å². The van der Waals surface area contributed by atoms with Crippen LogP contribution in [0.5, 0.6) is 0 Å². The molecule has 0 N–H and O–H groups in total. The molecule has 0 aliphatic carbocycles. The Morgan fingerprint density at radius 1 is 1.43 bits per heavy atom. The average Bonchev–Trinajstić information content (AvgIpc) is 1.69. The highest BCUT2D eigenvalue weighted by Crippen LogP contribution is 1.88. The van der Waals surface area contributed by atoms with Crippen LogP contribution in [0.4, 0.5) is 0 Å². The molecule has 0 aromatic rings. The van der Waals surface area contributed by atoms with Crippen LogP contribution in [-0.2, 0) is 0 Å². The first-order valence-corrected chi connectivity index (χ1v) is 2.86. The zero-order chi connectivity index (χ0) is 5.54. The zero-order valence-corrected chi connectivity index (χ0v) is 4.98. The van der Waals surface area contributed by atoms with E-state index in [1.807, 2.05) is 0 Å². The molecule has 0 aliphatic heterocycles. The van der Waals surface area contributed by atoms with E-state index in [1.54, 1.807) is 0 Å². The second-order valence-electron chi connectivity index (χ2n) is 1.52. The molecule has 40 valence electrons. The topological polar surface area (TPSA) is 0 Å². The fourth-order valence-electron chi connectivity index (χ4n) is 0.402. The number of hydrogen-bond acceptors (Lipinski definition) is 0. The molecule has 0 unspecified atom stereocenters. The quantitative estimate of drug-likeness (QED) is 0.375. The van der Waals surface area contributed by atoms with Gasteiger partial charge in [0, 0.05) is 6.42 Å². The van der Waals surface area contributed by atoms with Crippen molar-refractivity contribution in [2.24, 2.45) is 0 Å². The predicted molar refractivity (Wildman–Crippen MR) is 34.0 cm³/mol. The molecule has 0 aromatic carbocycles. The molecular formula is C7H13+. The van der Waals surface area contributed by atoms with Gasteiger partial charge in [0.2, 0.25) is 0 Å².